The minimum atomic E-state index is -2.79. The summed E-state index contributed by atoms with van der Waals surface area (Å²) in [4.78, 5) is 14.3. The molecule has 0 saturated heterocycles. The number of carboxylic acid groups (broad SMARTS) is 1. The van der Waals surface area contributed by atoms with Gasteiger partial charge in [0.25, 0.3) is 6.43 Å². The summed E-state index contributed by atoms with van der Waals surface area (Å²) in [7, 11) is 0. The summed E-state index contributed by atoms with van der Waals surface area (Å²) in [6, 6.07) is 0. The minimum Gasteiger partial charge on any atom is -0.481 e. The molecule has 16 heavy (non-hydrogen) atoms. The Morgan fingerprint density at radius 2 is 2.25 bits per heavy atom. The number of rotatable bonds is 4. The molecule has 0 amide bonds. The van der Waals surface area contributed by atoms with Gasteiger partial charge in [-0.1, -0.05) is 0 Å². The fourth-order valence-corrected chi connectivity index (χ4v) is 1.79. The number of nitrogens with zero attached hydrogens (tertiary/aromatic N) is 1. The molecule has 1 aromatic rings. The molecule has 0 saturated carbocycles. The van der Waals surface area contributed by atoms with E-state index in [1.54, 1.807) is 0 Å². The number of halogens is 3. The van der Waals surface area contributed by atoms with Gasteiger partial charge in [-0.25, -0.2) is 8.78 Å². The van der Waals surface area contributed by atoms with E-state index in [4.69, 9.17) is 10.8 Å². The van der Waals surface area contributed by atoms with Gasteiger partial charge in [0.05, 0.1) is 12.1 Å². The number of hydrogen-bond acceptors (Lipinski definition) is 3. The van der Waals surface area contributed by atoms with Crippen molar-refractivity contribution in [3.05, 3.63) is 27.5 Å². The van der Waals surface area contributed by atoms with E-state index in [1.807, 2.05) is 0 Å². The van der Waals surface area contributed by atoms with Gasteiger partial charge in [-0.2, -0.15) is 0 Å². The van der Waals surface area contributed by atoms with Crippen LogP contribution in [0, 0.1) is 0 Å². The fourth-order valence-electron chi connectivity index (χ4n) is 1.34. The molecule has 3 N–H and O–H groups in total. The van der Waals surface area contributed by atoms with Crippen LogP contribution in [0.3, 0.4) is 0 Å². The number of nitrogens with two attached hydrogens (primary N) is 1. The molecule has 1 aromatic heterocycles. The van der Waals surface area contributed by atoms with Crippen molar-refractivity contribution in [1.29, 1.82) is 0 Å². The lowest BCUT2D eigenvalue weighted by molar-refractivity contribution is -0.136. The third-order valence-corrected chi connectivity index (χ3v) is 2.68. The van der Waals surface area contributed by atoms with Gasteiger partial charge in [-0.05, 0) is 21.5 Å². The Bertz CT molecular complexity index is 413. The number of aromatic nitrogens is 1. The SMILES string of the molecule is NCc1ncc(Br)c(CC(=O)O)c1C(F)F. The summed E-state index contributed by atoms with van der Waals surface area (Å²) >= 11 is 3.01. The molecule has 0 unspecified atom stereocenters. The van der Waals surface area contributed by atoms with Crippen molar-refractivity contribution in [3.63, 3.8) is 0 Å². The zero-order chi connectivity index (χ0) is 12.3. The molecule has 7 heteroatoms. The monoisotopic (exact) mass is 294 g/mol. The summed E-state index contributed by atoms with van der Waals surface area (Å²) in [5.41, 5.74) is 4.94. The third-order valence-electron chi connectivity index (χ3n) is 2.00. The average molecular weight is 295 g/mol. The molecule has 0 aliphatic carbocycles. The van der Waals surface area contributed by atoms with Crippen LogP contribution < -0.4 is 5.73 Å². The van der Waals surface area contributed by atoms with Crippen LogP contribution in [0.4, 0.5) is 8.78 Å². The van der Waals surface area contributed by atoms with E-state index >= 15 is 0 Å². The summed E-state index contributed by atoms with van der Waals surface area (Å²) < 4.78 is 25.8. The first kappa shape index (κ1) is 13.0. The standard InChI is InChI=1S/C9H9BrF2N2O2/c10-5-3-14-6(2-13)8(9(11)12)4(5)1-7(15)16/h3,9H,1-2,13H2,(H,15,16). The lowest BCUT2D eigenvalue weighted by Gasteiger charge is -2.12. The molecule has 0 atom stereocenters. The van der Waals surface area contributed by atoms with E-state index in [-0.39, 0.29) is 27.8 Å². The smallest absolute Gasteiger partial charge is 0.307 e. The van der Waals surface area contributed by atoms with E-state index < -0.39 is 18.8 Å². The quantitative estimate of drug-likeness (QED) is 0.889. The van der Waals surface area contributed by atoms with Crippen LogP contribution >= 0.6 is 15.9 Å². The van der Waals surface area contributed by atoms with Gasteiger partial charge in [0, 0.05) is 22.8 Å². The summed E-state index contributed by atoms with van der Waals surface area (Å²) in [6.07, 6.45) is -2.00. The Hall–Kier alpha value is -1.08. The molecule has 1 heterocycles. The maximum absolute atomic E-state index is 12.8. The highest BCUT2D eigenvalue weighted by atomic mass is 79.9. The van der Waals surface area contributed by atoms with E-state index in [9.17, 15) is 13.6 Å². The first-order chi connectivity index (χ1) is 7.47. The normalized spacial score (nSPS) is 10.8. The molecular formula is C9H9BrF2N2O2. The molecule has 88 valence electrons. The number of carboxylic acids is 1. The van der Waals surface area contributed by atoms with E-state index in [0.29, 0.717) is 0 Å². The minimum absolute atomic E-state index is 0.0226. The lowest BCUT2D eigenvalue weighted by Crippen LogP contribution is -2.12. The number of carbonyl (C=O) groups is 1. The molecule has 0 aromatic carbocycles. The Labute approximate surface area is 98.6 Å². The van der Waals surface area contributed by atoms with Crippen LogP contribution in [0.5, 0.6) is 0 Å². The van der Waals surface area contributed by atoms with Crippen molar-refractivity contribution in [2.75, 3.05) is 0 Å². The van der Waals surface area contributed by atoms with Crippen molar-refractivity contribution < 1.29 is 18.7 Å². The highest BCUT2D eigenvalue weighted by Gasteiger charge is 2.22. The van der Waals surface area contributed by atoms with E-state index in [2.05, 4.69) is 20.9 Å². The van der Waals surface area contributed by atoms with Crippen LogP contribution in [-0.2, 0) is 17.8 Å². The van der Waals surface area contributed by atoms with Gasteiger partial charge in [-0.3, -0.25) is 9.78 Å². The van der Waals surface area contributed by atoms with Crippen LogP contribution in [-0.4, -0.2) is 16.1 Å². The number of hydrogen-bond donors (Lipinski definition) is 2. The molecule has 1 rings (SSSR count). The summed E-state index contributed by atoms with van der Waals surface area (Å²) in [5.74, 6) is -1.18. The fraction of sp³-hybridized carbons (Fsp3) is 0.333. The van der Waals surface area contributed by atoms with Crippen LogP contribution in [0.25, 0.3) is 0 Å². The van der Waals surface area contributed by atoms with Gasteiger partial charge in [0.2, 0.25) is 0 Å². The molecule has 0 bridgehead atoms. The zero-order valence-electron chi connectivity index (χ0n) is 8.08. The van der Waals surface area contributed by atoms with Gasteiger partial charge in [0.1, 0.15) is 0 Å². The average Bonchev–Trinajstić information content (AvgIpc) is 2.19. The second-order valence-corrected chi connectivity index (χ2v) is 3.87. The van der Waals surface area contributed by atoms with Crippen molar-refractivity contribution in [2.24, 2.45) is 5.73 Å². The van der Waals surface area contributed by atoms with Gasteiger partial charge in [0.15, 0.2) is 0 Å². The van der Waals surface area contributed by atoms with E-state index in [1.165, 1.54) is 6.20 Å². The van der Waals surface area contributed by atoms with Crippen molar-refractivity contribution in [1.82, 2.24) is 4.98 Å². The first-order valence-corrected chi connectivity index (χ1v) is 5.12. The molecule has 0 spiro atoms. The number of aliphatic carboxylic acids is 1. The highest BCUT2D eigenvalue weighted by molar-refractivity contribution is 9.10. The van der Waals surface area contributed by atoms with Crippen LogP contribution in [0.1, 0.15) is 23.2 Å². The first-order valence-electron chi connectivity index (χ1n) is 4.33. The Morgan fingerprint density at radius 3 is 2.69 bits per heavy atom. The van der Waals surface area contributed by atoms with Crippen molar-refractivity contribution >= 4 is 21.9 Å². The Balaban J connectivity index is 3.35. The summed E-state index contributed by atoms with van der Waals surface area (Å²) in [6.45, 7) is -0.153. The van der Waals surface area contributed by atoms with Gasteiger partial charge in [-0.15, -0.1) is 0 Å². The van der Waals surface area contributed by atoms with Gasteiger partial charge >= 0.3 is 5.97 Å². The molecule has 0 aliphatic heterocycles. The van der Waals surface area contributed by atoms with Crippen LogP contribution in [0.2, 0.25) is 0 Å². The second kappa shape index (κ2) is 5.31. The molecule has 0 radical (unpaired) electrons. The maximum Gasteiger partial charge on any atom is 0.307 e. The van der Waals surface area contributed by atoms with Crippen molar-refractivity contribution in [2.45, 2.75) is 19.4 Å². The number of alkyl halides is 2. The van der Waals surface area contributed by atoms with Crippen LogP contribution in [0.15, 0.2) is 10.7 Å². The summed E-state index contributed by atoms with van der Waals surface area (Å²) in [5, 5.41) is 8.64. The topological polar surface area (TPSA) is 76.2 Å². The maximum atomic E-state index is 12.8. The Morgan fingerprint density at radius 1 is 1.62 bits per heavy atom. The van der Waals surface area contributed by atoms with E-state index in [0.717, 1.165) is 0 Å². The van der Waals surface area contributed by atoms with Crippen molar-refractivity contribution in [3.8, 4) is 0 Å². The molecular weight excluding hydrogens is 286 g/mol. The second-order valence-electron chi connectivity index (χ2n) is 3.02. The molecule has 4 nitrogen and oxygen atoms in total. The molecule has 0 aliphatic rings. The predicted octanol–water partition coefficient (Wildman–Crippen LogP) is 1.87. The van der Waals surface area contributed by atoms with Gasteiger partial charge < -0.3 is 10.8 Å². The lowest BCUT2D eigenvalue weighted by atomic mass is 10.0. The number of pyridine rings is 1. The molecule has 0 fully saturated rings. The highest BCUT2D eigenvalue weighted by Crippen LogP contribution is 2.30. The zero-order valence-corrected chi connectivity index (χ0v) is 9.67. The Kier molecular flexibility index (Phi) is 4.31. The third kappa shape index (κ3) is 2.73. The largest absolute Gasteiger partial charge is 0.481 e. The predicted molar refractivity (Wildman–Crippen MR) is 56.1 cm³/mol.